The number of carbonyl (C=O) groups is 1. The van der Waals surface area contributed by atoms with Crippen molar-refractivity contribution < 1.29 is 9.53 Å². The van der Waals surface area contributed by atoms with Gasteiger partial charge in [0.1, 0.15) is 5.82 Å². The van der Waals surface area contributed by atoms with Gasteiger partial charge in [-0.3, -0.25) is 0 Å². The van der Waals surface area contributed by atoms with Crippen molar-refractivity contribution in [2.45, 2.75) is 0 Å². The van der Waals surface area contributed by atoms with Crippen molar-refractivity contribution in [1.82, 2.24) is 9.78 Å². The number of nitrogens with zero attached hydrogens (tertiary/aromatic N) is 2. The van der Waals surface area contributed by atoms with E-state index in [1.165, 1.54) is 7.11 Å². The Labute approximate surface area is 80.1 Å². The summed E-state index contributed by atoms with van der Waals surface area (Å²) in [4.78, 5) is 11.2. The monoisotopic (exact) mass is 191 g/mol. The van der Waals surface area contributed by atoms with Crippen molar-refractivity contribution in [3.63, 3.8) is 0 Å². The van der Waals surface area contributed by atoms with E-state index in [0.29, 0.717) is 11.3 Å². The molecule has 2 aromatic rings. The average Bonchev–Trinajstić information content (AvgIpc) is 2.56. The first-order valence-electron chi connectivity index (χ1n) is 4.05. The van der Waals surface area contributed by atoms with Gasteiger partial charge in [-0.05, 0) is 12.1 Å². The number of nitrogens with two attached hydrogens (primary N) is 1. The van der Waals surface area contributed by atoms with Crippen molar-refractivity contribution in [3.05, 3.63) is 24.3 Å². The normalized spacial score (nSPS) is 10.4. The molecule has 1 aromatic heterocycles. The lowest BCUT2D eigenvalue weighted by Gasteiger charge is -1.98. The molecule has 2 N–H and O–H groups in total. The van der Waals surface area contributed by atoms with Gasteiger partial charge in [-0.25, -0.2) is 4.79 Å². The van der Waals surface area contributed by atoms with Crippen molar-refractivity contribution in [2.75, 3.05) is 12.8 Å². The molecule has 0 saturated heterocycles. The lowest BCUT2D eigenvalue weighted by atomic mass is 10.2. The van der Waals surface area contributed by atoms with Gasteiger partial charge >= 0.3 is 6.09 Å². The number of fused-ring (bicyclic) bond motifs is 1. The molecule has 2 rings (SSSR count). The van der Waals surface area contributed by atoms with Crippen LogP contribution in [0.5, 0.6) is 0 Å². The first kappa shape index (κ1) is 8.55. The molecule has 0 aliphatic heterocycles. The Kier molecular flexibility index (Phi) is 1.85. The fraction of sp³-hybridized carbons (Fsp3) is 0.111. The van der Waals surface area contributed by atoms with Gasteiger partial charge in [-0.1, -0.05) is 12.1 Å². The molecule has 0 aliphatic rings. The Morgan fingerprint density at radius 2 is 2.21 bits per heavy atom. The summed E-state index contributed by atoms with van der Waals surface area (Å²) in [6, 6.07) is 7.25. The van der Waals surface area contributed by atoms with E-state index in [1.54, 1.807) is 12.1 Å². The Morgan fingerprint density at radius 3 is 2.86 bits per heavy atom. The Morgan fingerprint density at radius 1 is 1.50 bits per heavy atom. The minimum absolute atomic E-state index is 0.299. The zero-order valence-electron chi connectivity index (χ0n) is 7.60. The lowest BCUT2D eigenvalue weighted by molar-refractivity contribution is 0.170. The minimum Gasteiger partial charge on any atom is -0.451 e. The fourth-order valence-corrected chi connectivity index (χ4v) is 1.28. The first-order valence-corrected chi connectivity index (χ1v) is 4.05. The molecule has 0 aliphatic carbocycles. The molecular formula is C9H9N3O2. The molecule has 14 heavy (non-hydrogen) atoms. The maximum absolute atomic E-state index is 11.2. The van der Waals surface area contributed by atoms with E-state index in [0.717, 1.165) is 10.1 Å². The summed E-state index contributed by atoms with van der Waals surface area (Å²) in [5, 5.41) is 4.75. The summed E-state index contributed by atoms with van der Waals surface area (Å²) in [5.41, 5.74) is 6.39. The van der Waals surface area contributed by atoms with Crippen molar-refractivity contribution >= 4 is 22.8 Å². The Bertz CT molecular complexity index is 490. The molecular weight excluding hydrogens is 182 g/mol. The molecule has 0 saturated carbocycles. The third kappa shape index (κ3) is 1.10. The first-order chi connectivity index (χ1) is 6.74. The summed E-state index contributed by atoms with van der Waals surface area (Å²) in [5.74, 6) is 0.299. The molecule has 0 radical (unpaired) electrons. The molecule has 1 aromatic carbocycles. The summed E-state index contributed by atoms with van der Waals surface area (Å²) >= 11 is 0. The van der Waals surface area contributed by atoms with E-state index in [2.05, 4.69) is 9.84 Å². The van der Waals surface area contributed by atoms with Crippen LogP contribution < -0.4 is 5.73 Å². The minimum atomic E-state index is -0.585. The standard InChI is InChI=1S/C9H9N3O2/c1-14-9(13)12-8(10)6-4-2-3-5-7(6)11-12/h2-5H,10H2,1H3. The zero-order valence-corrected chi connectivity index (χ0v) is 7.60. The van der Waals surface area contributed by atoms with Crippen LogP contribution in [0.2, 0.25) is 0 Å². The topological polar surface area (TPSA) is 70.1 Å². The number of ether oxygens (including phenoxy) is 1. The van der Waals surface area contributed by atoms with Crippen LogP contribution in [-0.2, 0) is 4.74 Å². The van der Waals surface area contributed by atoms with Crippen LogP contribution >= 0.6 is 0 Å². The summed E-state index contributed by atoms with van der Waals surface area (Å²) in [6.45, 7) is 0. The predicted molar refractivity (Wildman–Crippen MR) is 51.9 cm³/mol. The lowest BCUT2D eigenvalue weighted by Crippen LogP contribution is -2.15. The van der Waals surface area contributed by atoms with E-state index in [9.17, 15) is 4.79 Å². The molecule has 5 nitrogen and oxygen atoms in total. The number of carbonyl (C=O) groups excluding carboxylic acids is 1. The third-order valence-corrected chi connectivity index (χ3v) is 1.96. The van der Waals surface area contributed by atoms with Crippen LogP contribution in [-0.4, -0.2) is 23.0 Å². The van der Waals surface area contributed by atoms with Gasteiger partial charge in [0.15, 0.2) is 0 Å². The van der Waals surface area contributed by atoms with Gasteiger partial charge < -0.3 is 10.5 Å². The second kappa shape index (κ2) is 3.02. The molecule has 0 atom stereocenters. The Hall–Kier alpha value is -2.04. The van der Waals surface area contributed by atoms with Crippen LogP contribution in [0.25, 0.3) is 10.9 Å². The van der Waals surface area contributed by atoms with Gasteiger partial charge in [-0.15, -0.1) is 4.68 Å². The second-order valence-corrected chi connectivity index (χ2v) is 2.78. The third-order valence-electron chi connectivity index (χ3n) is 1.96. The largest absolute Gasteiger partial charge is 0.451 e. The number of rotatable bonds is 0. The second-order valence-electron chi connectivity index (χ2n) is 2.78. The zero-order chi connectivity index (χ0) is 10.1. The van der Waals surface area contributed by atoms with Gasteiger partial charge in [0.05, 0.1) is 12.6 Å². The summed E-state index contributed by atoms with van der Waals surface area (Å²) < 4.78 is 5.57. The SMILES string of the molecule is COC(=O)n1nc2ccccc2c1N. The maximum atomic E-state index is 11.2. The van der Waals surface area contributed by atoms with E-state index in [1.807, 2.05) is 12.1 Å². The van der Waals surface area contributed by atoms with Gasteiger partial charge in [0.2, 0.25) is 0 Å². The molecule has 0 bridgehead atoms. The van der Waals surface area contributed by atoms with E-state index < -0.39 is 6.09 Å². The average molecular weight is 191 g/mol. The number of hydrogen-bond acceptors (Lipinski definition) is 4. The number of anilines is 1. The van der Waals surface area contributed by atoms with Crippen LogP contribution in [0.1, 0.15) is 0 Å². The van der Waals surface area contributed by atoms with Crippen LogP contribution in [0.15, 0.2) is 24.3 Å². The maximum Gasteiger partial charge on any atom is 0.436 e. The summed E-state index contributed by atoms with van der Waals surface area (Å²) in [6.07, 6.45) is -0.585. The van der Waals surface area contributed by atoms with Crippen molar-refractivity contribution in [2.24, 2.45) is 0 Å². The highest BCUT2D eigenvalue weighted by Crippen LogP contribution is 2.19. The van der Waals surface area contributed by atoms with Crippen LogP contribution in [0.4, 0.5) is 10.6 Å². The highest BCUT2D eigenvalue weighted by Gasteiger charge is 2.13. The molecule has 0 fully saturated rings. The number of methoxy groups -OCH3 is 1. The Balaban J connectivity index is 2.68. The summed E-state index contributed by atoms with van der Waals surface area (Å²) in [7, 11) is 1.29. The fourth-order valence-electron chi connectivity index (χ4n) is 1.28. The highest BCUT2D eigenvalue weighted by molar-refractivity contribution is 5.93. The predicted octanol–water partition coefficient (Wildman–Crippen LogP) is 1.23. The van der Waals surface area contributed by atoms with Gasteiger partial charge in [-0.2, -0.15) is 5.10 Å². The molecule has 5 heteroatoms. The molecule has 0 unspecified atom stereocenters. The number of hydrogen-bond donors (Lipinski definition) is 1. The smallest absolute Gasteiger partial charge is 0.436 e. The van der Waals surface area contributed by atoms with Crippen LogP contribution in [0.3, 0.4) is 0 Å². The van der Waals surface area contributed by atoms with Gasteiger partial charge in [0.25, 0.3) is 0 Å². The number of nitrogen functional groups attached to an aromatic ring is 1. The molecule has 72 valence electrons. The molecule has 0 amide bonds. The van der Waals surface area contributed by atoms with Crippen molar-refractivity contribution in [3.8, 4) is 0 Å². The number of aromatic nitrogens is 2. The van der Waals surface area contributed by atoms with Crippen LogP contribution in [0, 0.1) is 0 Å². The molecule has 1 heterocycles. The van der Waals surface area contributed by atoms with E-state index >= 15 is 0 Å². The highest BCUT2D eigenvalue weighted by atomic mass is 16.5. The number of benzene rings is 1. The van der Waals surface area contributed by atoms with E-state index in [-0.39, 0.29) is 0 Å². The van der Waals surface area contributed by atoms with Crippen molar-refractivity contribution in [1.29, 1.82) is 0 Å². The van der Waals surface area contributed by atoms with E-state index in [4.69, 9.17) is 5.73 Å². The van der Waals surface area contributed by atoms with Gasteiger partial charge in [0, 0.05) is 5.39 Å². The quantitative estimate of drug-likeness (QED) is 0.679. The molecule has 0 spiro atoms.